The number of H-pyrrole nitrogens is 1. The fourth-order valence-electron chi connectivity index (χ4n) is 1.27. The number of aromatic amines is 1. The zero-order chi connectivity index (χ0) is 14.3. The number of primary amides is 2. The van der Waals surface area contributed by atoms with Gasteiger partial charge in [0.1, 0.15) is 0 Å². The lowest BCUT2D eigenvalue weighted by molar-refractivity contribution is 0.103. The zero-order valence-corrected chi connectivity index (χ0v) is 9.87. The van der Waals surface area contributed by atoms with Crippen molar-refractivity contribution in [2.24, 2.45) is 11.5 Å². The van der Waals surface area contributed by atoms with Gasteiger partial charge in [0.2, 0.25) is 0 Å². The second kappa shape index (κ2) is 6.70. The minimum Gasteiger partial charge on any atom is -0.352 e. The lowest BCUT2D eigenvalue weighted by atomic mass is 10.1. The maximum atomic E-state index is 11.8. The molecule has 2 aromatic rings. The average Bonchev–Trinajstić information content (AvgIpc) is 2.39. The van der Waals surface area contributed by atoms with Crippen LogP contribution in [0.2, 0.25) is 0 Å². The summed E-state index contributed by atoms with van der Waals surface area (Å²) in [6.45, 7) is 0. The van der Waals surface area contributed by atoms with Crippen LogP contribution in [0.3, 0.4) is 0 Å². The smallest absolute Gasteiger partial charge is 0.309 e. The van der Waals surface area contributed by atoms with E-state index in [1.165, 1.54) is 12.3 Å². The van der Waals surface area contributed by atoms with Crippen molar-refractivity contribution < 1.29 is 9.59 Å². The zero-order valence-electron chi connectivity index (χ0n) is 9.87. The molecule has 0 aliphatic heterocycles. The highest BCUT2D eigenvalue weighted by Gasteiger charge is 2.11. The first kappa shape index (κ1) is 14.1. The number of benzene rings is 1. The summed E-state index contributed by atoms with van der Waals surface area (Å²) in [6, 6.07) is 9.23. The molecule has 1 heterocycles. The number of hydrogen-bond acceptors (Lipinski definition) is 4. The second-order valence-corrected chi connectivity index (χ2v) is 3.40. The second-order valence-electron chi connectivity index (χ2n) is 3.40. The van der Waals surface area contributed by atoms with Gasteiger partial charge in [-0.1, -0.05) is 30.3 Å². The summed E-state index contributed by atoms with van der Waals surface area (Å²) in [5.74, 6) is -0.292. The third kappa shape index (κ3) is 4.43. The lowest BCUT2D eigenvalue weighted by Crippen LogP contribution is -2.18. The molecule has 0 aliphatic rings. The number of urea groups is 1. The third-order valence-corrected chi connectivity index (χ3v) is 2.01. The van der Waals surface area contributed by atoms with Crippen molar-refractivity contribution in [2.45, 2.75) is 0 Å². The Bertz CT molecular complexity index is 618. The van der Waals surface area contributed by atoms with E-state index in [2.05, 4.69) is 21.7 Å². The molecular weight excluding hydrogens is 248 g/mol. The van der Waals surface area contributed by atoms with Crippen molar-refractivity contribution in [3.8, 4) is 0 Å². The van der Waals surface area contributed by atoms with Crippen LogP contribution in [0.25, 0.3) is 0 Å². The van der Waals surface area contributed by atoms with Crippen molar-refractivity contribution in [3.05, 3.63) is 64.1 Å². The highest BCUT2D eigenvalue weighted by molar-refractivity contribution is 6.08. The number of hydrogen-bond donors (Lipinski definition) is 3. The highest BCUT2D eigenvalue weighted by Crippen LogP contribution is 2.04. The Balaban J connectivity index is 0.000000399. The summed E-state index contributed by atoms with van der Waals surface area (Å²) < 4.78 is 0. The standard InChI is InChI=1S/C11H8N2O2.CH4N2O/c14-10(8-4-2-1-3-5-8)9-6-7-12-13-11(9)15;2-1(3)4/h1-7H,(H,13,15);(H4,2,3,4). The van der Waals surface area contributed by atoms with Crippen LogP contribution in [0.15, 0.2) is 47.4 Å². The van der Waals surface area contributed by atoms with Gasteiger partial charge in [-0.05, 0) is 6.07 Å². The summed E-state index contributed by atoms with van der Waals surface area (Å²) in [4.78, 5) is 32.1. The van der Waals surface area contributed by atoms with Crippen LogP contribution in [0.5, 0.6) is 0 Å². The first-order valence-corrected chi connectivity index (χ1v) is 5.20. The Kier molecular flexibility index (Phi) is 4.97. The van der Waals surface area contributed by atoms with Crippen molar-refractivity contribution in [2.75, 3.05) is 0 Å². The number of rotatable bonds is 2. The van der Waals surface area contributed by atoms with Crippen molar-refractivity contribution in [3.63, 3.8) is 0 Å². The van der Waals surface area contributed by atoms with E-state index < -0.39 is 11.6 Å². The van der Waals surface area contributed by atoms with Gasteiger partial charge >= 0.3 is 6.03 Å². The quantitative estimate of drug-likeness (QED) is 0.657. The van der Waals surface area contributed by atoms with Gasteiger partial charge in [0, 0.05) is 11.8 Å². The summed E-state index contributed by atoms with van der Waals surface area (Å²) in [6.07, 6.45) is 1.39. The summed E-state index contributed by atoms with van der Waals surface area (Å²) >= 11 is 0. The van der Waals surface area contributed by atoms with E-state index in [-0.39, 0.29) is 11.3 Å². The molecule has 0 bridgehead atoms. The number of nitrogens with one attached hydrogen (secondary N) is 1. The van der Waals surface area contributed by atoms with Gasteiger partial charge in [-0.25, -0.2) is 9.89 Å². The minimum absolute atomic E-state index is 0.108. The van der Waals surface area contributed by atoms with Gasteiger partial charge < -0.3 is 11.5 Å². The van der Waals surface area contributed by atoms with Gasteiger partial charge in [0.15, 0.2) is 5.78 Å². The van der Waals surface area contributed by atoms with E-state index in [1.807, 2.05) is 6.07 Å². The summed E-state index contributed by atoms with van der Waals surface area (Å²) in [5, 5.41) is 5.76. The molecule has 98 valence electrons. The maximum Gasteiger partial charge on any atom is 0.309 e. The number of nitrogens with zero attached hydrogens (tertiary/aromatic N) is 1. The van der Waals surface area contributed by atoms with E-state index in [0.29, 0.717) is 5.56 Å². The van der Waals surface area contributed by atoms with Crippen LogP contribution in [0.4, 0.5) is 4.79 Å². The van der Waals surface area contributed by atoms with Crippen LogP contribution in [0, 0.1) is 0 Å². The third-order valence-electron chi connectivity index (χ3n) is 2.01. The Morgan fingerprint density at radius 3 is 2.16 bits per heavy atom. The van der Waals surface area contributed by atoms with Gasteiger partial charge in [0.25, 0.3) is 5.56 Å². The molecular formula is C12H12N4O3. The Morgan fingerprint density at radius 1 is 1.05 bits per heavy atom. The van der Waals surface area contributed by atoms with Gasteiger partial charge in [-0.15, -0.1) is 0 Å². The van der Waals surface area contributed by atoms with Crippen LogP contribution >= 0.6 is 0 Å². The number of aromatic nitrogens is 2. The number of carbonyl (C=O) groups is 2. The number of amides is 2. The van der Waals surface area contributed by atoms with Gasteiger partial charge in [-0.2, -0.15) is 5.10 Å². The monoisotopic (exact) mass is 260 g/mol. The van der Waals surface area contributed by atoms with Crippen molar-refractivity contribution in [1.29, 1.82) is 0 Å². The molecule has 1 aromatic carbocycles. The van der Waals surface area contributed by atoms with Crippen LogP contribution in [-0.4, -0.2) is 22.0 Å². The first-order valence-electron chi connectivity index (χ1n) is 5.20. The van der Waals surface area contributed by atoms with Crippen LogP contribution < -0.4 is 17.0 Å². The van der Waals surface area contributed by atoms with E-state index in [9.17, 15) is 9.59 Å². The van der Waals surface area contributed by atoms with Crippen LogP contribution in [0.1, 0.15) is 15.9 Å². The van der Waals surface area contributed by atoms with Crippen molar-refractivity contribution in [1.82, 2.24) is 10.2 Å². The number of ketones is 1. The Labute approximate surface area is 108 Å². The normalized spacial score (nSPS) is 9.05. The molecule has 5 N–H and O–H groups in total. The van der Waals surface area contributed by atoms with E-state index in [4.69, 9.17) is 4.79 Å². The molecule has 19 heavy (non-hydrogen) atoms. The summed E-state index contributed by atoms with van der Waals surface area (Å²) in [7, 11) is 0. The number of nitrogens with two attached hydrogens (primary N) is 2. The fourth-order valence-corrected chi connectivity index (χ4v) is 1.27. The van der Waals surface area contributed by atoms with E-state index >= 15 is 0 Å². The molecule has 0 saturated carbocycles. The lowest BCUT2D eigenvalue weighted by Gasteiger charge is -1.98. The van der Waals surface area contributed by atoms with Gasteiger partial charge in [0.05, 0.1) is 5.56 Å². The summed E-state index contributed by atoms with van der Waals surface area (Å²) in [5.41, 5.74) is 8.64. The molecule has 1 aromatic heterocycles. The molecule has 2 amide bonds. The van der Waals surface area contributed by atoms with E-state index in [1.54, 1.807) is 24.3 Å². The fraction of sp³-hybridized carbons (Fsp3) is 0. The SMILES string of the molecule is NC(N)=O.O=C(c1ccccc1)c1ccn[nH]c1=O. The molecule has 2 rings (SSSR count). The Hall–Kier alpha value is -2.96. The van der Waals surface area contributed by atoms with Crippen LogP contribution in [-0.2, 0) is 0 Å². The maximum absolute atomic E-state index is 11.8. The molecule has 0 radical (unpaired) electrons. The predicted octanol–water partition coefficient (Wildman–Crippen LogP) is 0.0247. The molecule has 0 saturated heterocycles. The van der Waals surface area contributed by atoms with Crippen molar-refractivity contribution >= 4 is 11.8 Å². The molecule has 0 atom stereocenters. The molecule has 0 unspecified atom stereocenters. The first-order chi connectivity index (χ1) is 9.02. The molecule has 0 aliphatic carbocycles. The highest BCUT2D eigenvalue weighted by atomic mass is 16.2. The largest absolute Gasteiger partial charge is 0.352 e. The Morgan fingerprint density at radius 2 is 1.63 bits per heavy atom. The topological polar surface area (TPSA) is 132 Å². The van der Waals surface area contributed by atoms with E-state index in [0.717, 1.165) is 0 Å². The predicted molar refractivity (Wildman–Crippen MR) is 68.5 cm³/mol. The molecule has 0 spiro atoms. The average molecular weight is 260 g/mol. The molecule has 0 fully saturated rings. The molecule has 7 heteroatoms. The van der Waals surface area contributed by atoms with Gasteiger partial charge in [-0.3, -0.25) is 9.59 Å². The molecule has 7 nitrogen and oxygen atoms in total. The number of carbonyl (C=O) groups excluding carboxylic acids is 2. The minimum atomic E-state index is -0.833.